The highest BCUT2D eigenvalue weighted by Gasteiger charge is 2.51. The summed E-state index contributed by atoms with van der Waals surface area (Å²) in [7, 11) is 0. The van der Waals surface area contributed by atoms with Crippen LogP contribution in [0.25, 0.3) is 0 Å². The van der Waals surface area contributed by atoms with E-state index in [9.17, 15) is 15.3 Å². The minimum absolute atomic E-state index is 0.224. The van der Waals surface area contributed by atoms with E-state index in [-0.39, 0.29) is 19.8 Å². The van der Waals surface area contributed by atoms with Crippen molar-refractivity contribution in [3.05, 3.63) is 108 Å². The third kappa shape index (κ3) is 6.06. The van der Waals surface area contributed by atoms with Gasteiger partial charge in [-0.15, -0.1) is 0 Å². The summed E-state index contributed by atoms with van der Waals surface area (Å²) >= 11 is 0. The Labute approximate surface area is 194 Å². The van der Waals surface area contributed by atoms with Crippen LogP contribution in [0.4, 0.5) is 0 Å². The summed E-state index contributed by atoms with van der Waals surface area (Å²) in [5, 5.41) is 32.1. The van der Waals surface area contributed by atoms with Gasteiger partial charge >= 0.3 is 0 Å². The molecule has 0 heterocycles. The number of aliphatic hydroxyl groups excluding tert-OH is 3. The maximum atomic E-state index is 10.8. The summed E-state index contributed by atoms with van der Waals surface area (Å²) in [5.74, 6) is 0. The highest BCUT2D eigenvalue weighted by atomic mass is 16.6. The van der Waals surface area contributed by atoms with Gasteiger partial charge in [-0.3, -0.25) is 0 Å². The van der Waals surface area contributed by atoms with E-state index in [1.165, 1.54) is 0 Å². The number of aliphatic hydroxyl groups is 3. The van der Waals surface area contributed by atoms with Crippen LogP contribution in [-0.4, -0.2) is 51.9 Å². The number of benzene rings is 3. The van der Waals surface area contributed by atoms with Crippen molar-refractivity contribution >= 4 is 0 Å². The Morgan fingerprint density at radius 3 is 1.06 bits per heavy atom. The minimum Gasteiger partial charge on any atom is -0.387 e. The fraction of sp³-hybridized carbons (Fsp3) is 0.333. The molecule has 0 radical (unpaired) electrons. The summed E-state index contributed by atoms with van der Waals surface area (Å²) in [4.78, 5) is 0. The van der Waals surface area contributed by atoms with Crippen LogP contribution >= 0.6 is 0 Å². The summed E-state index contributed by atoms with van der Waals surface area (Å²) in [6.07, 6.45) is -6.68. The van der Waals surface area contributed by atoms with Gasteiger partial charge in [0.15, 0.2) is 0 Å². The van der Waals surface area contributed by atoms with Gasteiger partial charge in [0.1, 0.15) is 36.6 Å². The third-order valence-electron chi connectivity index (χ3n) is 5.88. The standard InChI is InChI=1S/C27H30O6/c28-22-23(29)25(31-16-19-10-4-1-5-11-19)27(33-18-21-14-8-3-9-15-21)26(24(22)30)32-17-20-12-6-2-7-13-20/h1-15,22-30H,16-18H2/t22?,23-,24+,25-,26-,27?/m1/s1. The molecule has 1 aliphatic rings. The van der Waals surface area contributed by atoms with Crippen LogP contribution in [0, 0.1) is 0 Å². The van der Waals surface area contributed by atoms with Crippen molar-refractivity contribution in [3.8, 4) is 0 Å². The van der Waals surface area contributed by atoms with E-state index in [2.05, 4.69) is 0 Å². The van der Waals surface area contributed by atoms with Gasteiger partial charge in [-0.2, -0.15) is 0 Å². The second-order valence-corrected chi connectivity index (χ2v) is 8.26. The first kappa shape index (κ1) is 23.6. The van der Waals surface area contributed by atoms with Crippen LogP contribution in [0.5, 0.6) is 0 Å². The van der Waals surface area contributed by atoms with Crippen LogP contribution < -0.4 is 0 Å². The van der Waals surface area contributed by atoms with Crippen molar-refractivity contribution in [1.82, 2.24) is 0 Å². The van der Waals surface area contributed by atoms with E-state index in [0.29, 0.717) is 0 Å². The third-order valence-corrected chi connectivity index (χ3v) is 5.88. The highest BCUT2D eigenvalue weighted by Crippen LogP contribution is 2.30. The van der Waals surface area contributed by atoms with Crippen molar-refractivity contribution in [3.63, 3.8) is 0 Å². The molecule has 1 saturated carbocycles. The van der Waals surface area contributed by atoms with Crippen molar-refractivity contribution in [1.29, 1.82) is 0 Å². The van der Waals surface area contributed by atoms with Gasteiger partial charge in [0.2, 0.25) is 0 Å². The average Bonchev–Trinajstić information content (AvgIpc) is 2.87. The second-order valence-electron chi connectivity index (χ2n) is 8.26. The molecule has 6 heteroatoms. The molecular formula is C27H30O6. The van der Waals surface area contributed by atoms with E-state index >= 15 is 0 Å². The molecule has 3 aromatic rings. The zero-order valence-corrected chi connectivity index (χ0v) is 18.3. The van der Waals surface area contributed by atoms with Crippen LogP contribution in [0.1, 0.15) is 16.7 Å². The molecule has 3 N–H and O–H groups in total. The molecule has 6 nitrogen and oxygen atoms in total. The summed E-state index contributed by atoms with van der Waals surface area (Å²) in [5.41, 5.74) is 2.79. The quantitative estimate of drug-likeness (QED) is 0.465. The lowest BCUT2D eigenvalue weighted by molar-refractivity contribution is -0.263. The Kier molecular flexibility index (Phi) is 8.23. The monoisotopic (exact) mass is 450 g/mol. The molecule has 174 valence electrons. The van der Waals surface area contributed by atoms with E-state index < -0.39 is 36.6 Å². The SMILES string of the molecule is OC1[C@@H](O)[C@@H](OCc2ccccc2)C(OCc2ccccc2)[C@H](OCc2ccccc2)[C@H]1O. The van der Waals surface area contributed by atoms with Crippen LogP contribution in [0.3, 0.4) is 0 Å². The maximum absolute atomic E-state index is 10.8. The molecule has 2 unspecified atom stereocenters. The fourth-order valence-corrected chi connectivity index (χ4v) is 4.04. The molecule has 0 spiro atoms. The first-order valence-electron chi connectivity index (χ1n) is 11.1. The molecule has 1 fully saturated rings. The van der Waals surface area contributed by atoms with Crippen LogP contribution in [0.15, 0.2) is 91.0 Å². The van der Waals surface area contributed by atoms with E-state index in [0.717, 1.165) is 16.7 Å². The molecular weight excluding hydrogens is 420 g/mol. The Bertz CT molecular complexity index is 895. The summed E-state index contributed by atoms with van der Waals surface area (Å²) < 4.78 is 18.3. The van der Waals surface area contributed by atoms with E-state index in [1.54, 1.807) is 0 Å². The lowest BCUT2D eigenvalue weighted by Gasteiger charge is -2.45. The normalized spacial score (nSPS) is 27.4. The molecule has 0 aromatic heterocycles. The van der Waals surface area contributed by atoms with Gasteiger partial charge < -0.3 is 29.5 Å². The molecule has 4 rings (SSSR count). The topological polar surface area (TPSA) is 88.4 Å². The largest absolute Gasteiger partial charge is 0.387 e. The molecule has 0 aliphatic heterocycles. The predicted octanol–water partition coefficient (Wildman–Crippen LogP) is 2.84. The predicted molar refractivity (Wildman–Crippen MR) is 123 cm³/mol. The molecule has 1 aliphatic carbocycles. The number of ether oxygens (including phenoxy) is 3. The highest BCUT2D eigenvalue weighted by molar-refractivity contribution is 5.16. The Balaban J connectivity index is 1.54. The molecule has 0 bridgehead atoms. The molecule has 0 saturated heterocycles. The summed E-state index contributed by atoms with van der Waals surface area (Å²) in [6.45, 7) is 0.696. The fourth-order valence-electron chi connectivity index (χ4n) is 4.04. The Morgan fingerprint density at radius 2 is 0.727 bits per heavy atom. The minimum atomic E-state index is -1.43. The number of hydrogen-bond donors (Lipinski definition) is 3. The summed E-state index contributed by atoms with van der Waals surface area (Å²) in [6, 6.07) is 28.8. The lowest BCUT2D eigenvalue weighted by atomic mass is 9.84. The van der Waals surface area contributed by atoms with Gasteiger partial charge in [0, 0.05) is 0 Å². The van der Waals surface area contributed by atoms with Gasteiger partial charge in [0.05, 0.1) is 19.8 Å². The van der Waals surface area contributed by atoms with Gasteiger partial charge in [-0.25, -0.2) is 0 Å². The molecule has 0 amide bonds. The smallest absolute Gasteiger partial charge is 0.116 e. The number of hydrogen-bond acceptors (Lipinski definition) is 6. The van der Waals surface area contributed by atoms with Crippen molar-refractivity contribution < 1.29 is 29.5 Å². The van der Waals surface area contributed by atoms with Crippen molar-refractivity contribution in [2.24, 2.45) is 0 Å². The van der Waals surface area contributed by atoms with Crippen LogP contribution in [-0.2, 0) is 34.0 Å². The average molecular weight is 451 g/mol. The first-order chi connectivity index (χ1) is 16.1. The Hall–Kier alpha value is -2.58. The molecule has 3 aromatic carbocycles. The van der Waals surface area contributed by atoms with E-state index in [1.807, 2.05) is 91.0 Å². The Morgan fingerprint density at radius 1 is 0.424 bits per heavy atom. The van der Waals surface area contributed by atoms with Crippen molar-refractivity contribution in [2.75, 3.05) is 0 Å². The first-order valence-corrected chi connectivity index (χ1v) is 11.1. The maximum Gasteiger partial charge on any atom is 0.116 e. The van der Waals surface area contributed by atoms with E-state index in [4.69, 9.17) is 14.2 Å². The van der Waals surface area contributed by atoms with Crippen molar-refractivity contribution in [2.45, 2.75) is 56.4 Å². The van der Waals surface area contributed by atoms with Gasteiger partial charge in [-0.1, -0.05) is 91.0 Å². The molecule has 33 heavy (non-hydrogen) atoms. The zero-order chi connectivity index (χ0) is 23.0. The number of rotatable bonds is 9. The van der Waals surface area contributed by atoms with Gasteiger partial charge in [-0.05, 0) is 16.7 Å². The van der Waals surface area contributed by atoms with Gasteiger partial charge in [0.25, 0.3) is 0 Å². The molecule has 6 atom stereocenters. The lowest BCUT2D eigenvalue weighted by Crippen LogP contribution is -2.65. The van der Waals surface area contributed by atoms with Crippen LogP contribution in [0.2, 0.25) is 0 Å². The second kappa shape index (κ2) is 11.5. The zero-order valence-electron chi connectivity index (χ0n) is 18.3.